The number of hydrogen-bond donors (Lipinski definition) is 0. The number of amides is 1. The summed E-state index contributed by atoms with van der Waals surface area (Å²) in [5.41, 5.74) is 0.551. The molecule has 0 bridgehead atoms. The first-order valence-corrected chi connectivity index (χ1v) is 7.08. The first-order chi connectivity index (χ1) is 9.04. The molecule has 1 aromatic rings. The van der Waals surface area contributed by atoms with E-state index >= 15 is 0 Å². The van der Waals surface area contributed by atoms with E-state index in [0.717, 1.165) is 12.8 Å². The molecule has 0 saturated carbocycles. The zero-order valence-corrected chi connectivity index (χ0v) is 12.4. The van der Waals surface area contributed by atoms with Gasteiger partial charge in [0.15, 0.2) is 0 Å². The minimum absolute atomic E-state index is 0.0130. The molecule has 0 aliphatic carbocycles. The van der Waals surface area contributed by atoms with Gasteiger partial charge in [-0.3, -0.25) is 4.79 Å². The second-order valence-corrected chi connectivity index (χ2v) is 5.62. The third-order valence-corrected chi connectivity index (χ3v) is 4.06. The fourth-order valence-corrected chi connectivity index (χ4v) is 2.98. The van der Waals surface area contributed by atoms with Crippen molar-refractivity contribution in [1.29, 1.82) is 0 Å². The third-order valence-electron chi connectivity index (χ3n) is 3.82. The normalized spacial score (nSPS) is 23.3. The fourth-order valence-electron chi connectivity index (χ4n) is 2.81. The van der Waals surface area contributed by atoms with Crippen LogP contribution in [0.2, 0.25) is 5.02 Å². The highest BCUT2D eigenvalue weighted by Crippen LogP contribution is 2.29. The lowest BCUT2D eigenvalue weighted by atomic mass is 9.96. The Morgan fingerprint density at radius 3 is 2.53 bits per heavy atom. The molecule has 1 saturated heterocycles. The molecule has 2 rings (SSSR count). The number of rotatable bonds is 2. The molecule has 1 aromatic carbocycles. The van der Waals surface area contributed by atoms with Gasteiger partial charge in [-0.05, 0) is 51.3 Å². The molecule has 0 spiro atoms. The standard InChI is InChI=1S/C15H20ClNO2/c1-10-5-4-6-11(2)17(10)15(18)13-9-12(16)7-8-14(13)19-3/h7-11H,4-6H2,1-3H3/t10-,11-/m1/s1. The predicted molar refractivity (Wildman–Crippen MR) is 76.9 cm³/mol. The molecule has 3 nitrogen and oxygen atoms in total. The Balaban J connectivity index is 2.35. The quantitative estimate of drug-likeness (QED) is 0.826. The largest absolute Gasteiger partial charge is 0.496 e. The van der Waals surface area contributed by atoms with Crippen molar-refractivity contribution in [2.24, 2.45) is 0 Å². The van der Waals surface area contributed by atoms with Crippen LogP contribution in [0.4, 0.5) is 0 Å². The van der Waals surface area contributed by atoms with E-state index in [9.17, 15) is 4.79 Å². The van der Waals surface area contributed by atoms with E-state index in [0.29, 0.717) is 16.3 Å². The zero-order chi connectivity index (χ0) is 14.0. The number of carbonyl (C=O) groups is 1. The second-order valence-electron chi connectivity index (χ2n) is 5.19. The number of piperidine rings is 1. The van der Waals surface area contributed by atoms with E-state index in [1.165, 1.54) is 6.42 Å². The van der Waals surface area contributed by atoms with Crippen LogP contribution < -0.4 is 4.74 Å². The Morgan fingerprint density at radius 1 is 1.32 bits per heavy atom. The molecule has 104 valence electrons. The molecule has 0 unspecified atom stereocenters. The number of carbonyl (C=O) groups excluding carboxylic acids is 1. The molecule has 19 heavy (non-hydrogen) atoms. The smallest absolute Gasteiger partial charge is 0.258 e. The summed E-state index contributed by atoms with van der Waals surface area (Å²) in [6.07, 6.45) is 3.29. The van der Waals surface area contributed by atoms with Crippen molar-refractivity contribution in [1.82, 2.24) is 4.90 Å². The summed E-state index contributed by atoms with van der Waals surface area (Å²) in [7, 11) is 1.57. The van der Waals surface area contributed by atoms with Gasteiger partial charge in [-0.1, -0.05) is 11.6 Å². The molecular weight excluding hydrogens is 262 g/mol. The highest BCUT2D eigenvalue weighted by Gasteiger charge is 2.31. The SMILES string of the molecule is COc1ccc(Cl)cc1C(=O)N1[C@H](C)CCC[C@H]1C. The zero-order valence-electron chi connectivity index (χ0n) is 11.6. The van der Waals surface area contributed by atoms with Crippen molar-refractivity contribution in [2.45, 2.75) is 45.2 Å². The van der Waals surface area contributed by atoms with Gasteiger partial charge in [0.05, 0.1) is 12.7 Å². The Hall–Kier alpha value is -1.22. The lowest BCUT2D eigenvalue weighted by Gasteiger charge is -2.39. The van der Waals surface area contributed by atoms with Crippen LogP contribution in [0.5, 0.6) is 5.75 Å². The summed E-state index contributed by atoms with van der Waals surface area (Å²) in [6.45, 7) is 4.20. The summed E-state index contributed by atoms with van der Waals surface area (Å²) >= 11 is 6.00. The summed E-state index contributed by atoms with van der Waals surface area (Å²) in [5.74, 6) is 0.596. The van der Waals surface area contributed by atoms with Gasteiger partial charge >= 0.3 is 0 Å². The lowest BCUT2D eigenvalue weighted by molar-refractivity contribution is 0.0507. The maximum atomic E-state index is 12.7. The number of nitrogens with zero attached hydrogens (tertiary/aromatic N) is 1. The highest BCUT2D eigenvalue weighted by atomic mass is 35.5. The predicted octanol–water partition coefficient (Wildman–Crippen LogP) is 3.75. The maximum absolute atomic E-state index is 12.7. The maximum Gasteiger partial charge on any atom is 0.258 e. The van der Waals surface area contributed by atoms with E-state index in [1.807, 2.05) is 4.90 Å². The first-order valence-electron chi connectivity index (χ1n) is 6.70. The number of halogens is 1. The van der Waals surface area contributed by atoms with E-state index < -0.39 is 0 Å². The van der Waals surface area contributed by atoms with Crippen LogP contribution in [0.1, 0.15) is 43.5 Å². The second kappa shape index (κ2) is 5.83. The van der Waals surface area contributed by atoms with Crippen molar-refractivity contribution in [2.75, 3.05) is 7.11 Å². The summed E-state index contributed by atoms with van der Waals surface area (Å²) < 4.78 is 5.28. The van der Waals surface area contributed by atoms with E-state index in [2.05, 4.69) is 13.8 Å². The van der Waals surface area contributed by atoms with Gasteiger partial charge in [0.25, 0.3) is 5.91 Å². The van der Waals surface area contributed by atoms with Gasteiger partial charge in [-0.2, -0.15) is 0 Å². The van der Waals surface area contributed by atoms with Crippen molar-refractivity contribution in [3.63, 3.8) is 0 Å². The Kier molecular flexibility index (Phi) is 4.35. The van der Waals surface area contributed by atoms with Crippen LogP contribution in [0.15, 0.2) is 18.2 Å². The molecule has 0 N–H and O–H groups in total. The van der Waals surface area contributed by atoms with Crippen LogP contribution in [0.3, 0.4) is 0 Å². The molecule has 1 fully saturated rings. The average Bonchev–Trinajstić information content (AvgIpc) is 2.38. The van der Waals surface area contributed by atoms with Gasteiger partial charge in [-0.25, -0.2) is 0 Å². The van der Waals surface area contributed by atoms with Crippen LogP contribution in [0, 0.1) is 0 Å². The third kappa shape index (κ3) is 2.86. The number of hydrogen-bond acceptors (Lipinski definition) is 2. The van der Waals surface area contributed by atoms with Gasteiger partial charge in [0.2, 0.25) is 0 Å². The van der Waals surface area contributed by atoms with Crippen LogP contribution in [-0.4, -0.2) is 30.0 Å². The van der Waals surface area contributed by atoms with Crippen LogP contribution in [-0.2, 0) is 0 Å². The number of likely N-dealkylation sites (tertiary alicyclic amines) is 1. The number of methoxy groups -OCH3 is 1. The fraction of sp³-hybridized carbons (Fsp3) is 0.533. The molecule has 0 radical (unpaired) electrons. The Morgan fingerprint density at radius 2 is 1.95 bits per heavy atom. The molecule has 1 aliphatic heterocycles. The molecule has 1 amide bonds. The number of benzene rings is 1. The average molecular weight is 282 g/mol. The molecule has 1 aliphatic rings. The van der Waals surface area contributed by atoms with Crippen molar-refractivity contribution >= 4 is 17.5 Å². The van der Waals surface area contributed by atoms with Crippen molar-refractivity contribution < 1.29 is 9.53 Å². The van der Waals surface area contributed by atoms with Crippen molar-refractivity contribution in [3.8, 4) is 5.75 Å². The number of ether oxygens (including phenoxy) is 1. The summed E-state index contributed by atoms with van der Waals surface area (Å²) in [5, 5.41) is 0.557. The van der Waals surface area contributed by atoms with Gasteiger partial charge in [0, 0.05) is 17.1 Å². The van der Waals surface area contributed by atoms with E-state index in [-0.39, 0.29) is 18.0 Å². The molecule has 4 heteroatoms. The van der Waals surface area contributed by atoms with Crippen LogP contribution >= 0.6 is 11.6 Å². The Labute approximate surface area is 119 Å². The topological polar surface area (TPSA) is 29.5 Å². The monoisotopic (exact) mass is 281 g/mol. The van der Waals surface area contributed by atoms with E-state index in [4.69, 9.17) is 16.3 Å². The molecular formula is C15H20ClNO2. The van der Waals surface area contributed by atoms with Gasteiger partial charge in [-0.15, -0.1) is 0 Å². The first kappa shape index (κ1) is 14.2. The minimum atomic E-state index is 0.0130. The van der Waals surface area contributed by atoms with E-state index in [1.54, 1.807) is 25.3 Å². The van der Waals surface area contributed by atoms with Gasteiger partial charge in [0.1, 0.15) is 5.75 Å². The minimum Gasteiger partial charge on any atom is -0.496 e. The van der Waals surface area contributed by atoms with Crippen molar-refractivity contribution in [3.05, 3.63) is 28.8 Å². The molecule has 2 atom stereocenters. The molecule has 0 aromatic heterocycles. The summed E-state index contributed by atoms with van der Waals surface area (Å²) in [4.78, 5) is 14.7. The highest BCUT2D eigenvalue weighted by molar-refractivity contribution is 6.31. The Bertz CT molecular complexity index is 465. The molecule has 1 heterocycles. The lowest BCUT2D eigenvalue weighted by Crippen LogP contribution is -2.47. The summed E-state index contributed by atoms with van der Waals surface area (Å²) in [6, 6.07) is 5.70. The van der Waals surface area contributed by atoms with Crippen LogP contribution in [0.25, 0.3) is 0 Å². The van der Waals surface area contributed by atoms with Gasteiger partial charge < -0.3 is 9.64 Å².